The Morgan fingerprint density at radius 3 is 1.35 bits per heavy atom. The lowest BCUT2D eigenvalue weighted by Crippen LogP contribution is -2.54. The molecule has 0 saturated carbocycles. The van der Waals surface area contributed by atoms with Crippen molar-refractivity contribution < 1.29 is 139 Å². The molecule has 2 aromatic rings. The van der Waals surface area contributed by atoms with Crippen molar-refractivity contribution in [3.05, 3.63) is 70.8 Å². The maximum absolute atomic E-state index is 12.2. The fourth-order valence-electron chi connectivity index (χ4n) is 6.95. The van der Waals surface area contributed by atoms with E-state index in [1.54, 1.807) is 90.1 Å². The Balaban J connectivity index is 0.00000108. The summed E-state index contributed by atoms with van der Waals surface area (Å²) in [6.07, 6.45) is -7.60. The minimum absolute atomic E-state index is 0.0656. The van der Waals surface area contributed by atoms with Crippen LogP contribution in [0.4, 0.5) is 35.9 Å². The van der Waals surface area contributed by atoms with Gasteiger partial charge in [0.05, 0.1) is 28.3 Å². The van der Waals surface area contributed by atoms with Crippen molar-refractivity contribution >= 4 is 118 Å². The fourth-order valence-corrected chi connectivity index (χ4v) is 6.95. The lowest BCUT2D eigenvalue weighted by Gasteiger charge is -2.27. The van der Waals surface area contributed by atoms with Crippen LogP contribution >= 0.6 is 22.6 Å². The highest BCUT2D eigenvalue weighted by Crippen LogP contribution is 2.27. The second-order valence-electron chi connectivity index (χ2n) is 20.9. The number of fused-ring (bicyclic) bond motifs is 2. The van der Waals surface area contributed by atoms with E-state index in [4.69, 9.17) is 52.0 Å². The van der Waals surface area contributed by atoms with E-state index in [1.807, 2.05) is 22.6 Å². The number of benzene rings is 2. The molecule has 4 saturated heterocycles. The molecule has 2 aromatic carbocycles. The number of amides is 11. The zero-order valence-corrected chi connectivity index (χ0v) is 52.5. The SMILES string of the molecule is C1CCOC1.CC(C)(C)OC(=O)NC(CCC(N)=O)C(=O)O.CC(C)(C)OC(=O)NC1CCC(=O)NC1=O.NC1CCC(=O)NC1=O.O=C(O)C(F)(F)F.O=C(O)C(F)(F)F.O=C1CCC(N2C(=O)c3ccccc3C2=O)C(=O)N1.O=C1OC(=O)c2ccccc21.[2H]CI. The number of piperidine rings is 3. The molecule has 11 amide bonds. The van der Waals surface area contributed by atoms with E-state index < -0.39 is 119 Å². The number of aliphatic carboxylic acids is 3. The maximum Gasteiger partial charge on any atom is 0.490 e. The number of hydrogen-bond donors (Lipinski definition) is 10. The molecule has 4 fully saturated rings. The predicted molar refractivity (Wildman–Crippen MR) is 312 cm³/mol. The number of carboxylic acids is 3. The van der Waals surface area contributed by atoms with Gasteiger partial charge in [0.1, 0.15) is 29.3 Å². The monoisotopic (exact) mass is 1450 g/mol. The van der Waals surface area contributed by atoms with Crippen LogP contribution < -0.4 is 38.1 Å². The van der Waals surface area contributed by atoms with Gasteiger partial charge in [-0.15, -0.1) is 0 Å². The quantitative estimate of drug-likeness (QED) is 0.0361. The van der Waals surface area contributed by atoms with Gasteiger partial charge >= 0.3 is 54.4 Å². The number of nitrogens with two attached hydrogens (primary N) is 2. The van der Waals surface area contributed by atoms with Crippen molar-refractivity contribution in [1.29, 1.82) is 0 Å². The summed E-state index contributed by atoms with van der Waals surface area (Å²) in [5, 5.41) is 34.1. The zero-order chi connectivity index (χ0) is 72.6. The van der Waals surface area contributed by atoms with Crippen LogP contribution in [0.3, 0.4) is 0 Å². The van der Waals surface area contributed by atoms with Gasteiger partial charge in [-0.2, -0.15) is 26.3 Å². The highest BCUT2D eigenvalue weighted by Gasteiger charge is 2.45. The van der Waals surface area contributed by atoms with E-state index in [0.29, 0.717) is 46.4 Å². The van der Waals surface area contributed by atoms with Gasteiger partial charge in [0, 0.05) is 40.3 Å². The summed E-state index contributed by atoms with van der Waals surface area (Å²) in [7, 11) is 0. The zero-order valence-electron chi connectivity index (χ0n) is 51.4. The van der Waals surface area contributed by atoms with Crippen LogP contribution in [0.25, 0.3) is 0 Å². The number of carbonyl (C=O) groups is 16. The Kier molecular flexibility index (Phi) is 34.5. The molecule has 0 aromatic heterocycles. The summed E-state index contributed by atoms with van der Waals surface area (Å²) in [6, 6.07) is 9.72. The van der Waals surface area contributed by atoms with Crippen LogP contribution in [0.1, 0.15) is 149 Å². The number of carbonyl (C=O) groups excluding carboxylic acids is 13. The second kappa shape index (κ2) is 39.2. The molecule has 0 spiro atoms. The van der Waals surface area contributed by atoms with Crippen LogP contribution in [0.2, 0.25) is 0 Å². The summed E-state index contributed by atoms with van der Waals surface area (Å²) >= 11 is 1.96. The molecule has 38 heteroatoms. The lowest BCUT2D eigenvalue weighted by molar-refractivity contribution is -0.193. The number of hydrogen-bond acceptors (Lipinski definition) is 21. The summed E-state index contributed by atoms with van der Waals surface area (Å²) in [5.74, 6) is -11.8. The molecule has 0 bridgehead atoms. The molecule has 4 atom stereocenters. The number of ether oxygens (including phenoxy) is 4. The molecule has 0 radical (unpaired) electrons. The first kappa shape index (κ1) is 81.8. The first-order chi connectivity index (χ1) is 43.3. The molecule has 6 aliphatic heterocycles. The highest BCUT2D eigenvalue weighted by atomic mass is 127. The largest absolute Gasteiger partial charge is 0.490 e. The van der Waals surface area contributed by atoms with Gasteiger partial charge in [-0.1, -0.05) is 46.9 Å². The van der Waals surface area contributed by atoms with Crippen LogP contribution in [0.5, 0.6) is 0 Å². The Morgan fingerprint density at radius 1 is 0.645 bits per heavy atom. The van der Waals surface area contributed by atoms with Crippen molar-refractivity contribution in [3.63, 3.8) is 0 Å². The number of primary amides is 1. The Bertz CT molecular complexity index is 2980. The Morgan fingerprint density at radius 2 is 1.02 bits per heavy atom. The number of rotatable bonds is 7. The van der Waals surface area contributed by atoms with Crippen LogP contribution in [-0.4, -0.2) is 181 Å². The van der Waals surface area contributed by atoms with E-state index in [9.17, 15) is 93.5 Å². The third-order valence-corrected chi connectivity index (χ3v) is 11.1. The van der Waals surface area contributed by atoms with Crippen molar-refractivity contribution in [2.45, 2.75) is 153 Å². The van der Waals surface area contributed by atoms with Crippen LogP contribution in [0, 0.1) is 0 Å². The van der Waals surface area contributed by atoms with E-state index >= 15 is 0 Å². The molecular formula is C55H69F6IN8O23. The fraction of sp³-hybridized carbons (Fsp3) is 0.491. The number of alkyl halides is 7. The van der Waals surface area contributed by atoms with Crippen molar-refractivity contribution in [2.75, 3.05) is 18.1 Å². The number of nitrogens with one attached hydrogen (secondary N) is 5. The smallest absolute Gasteiger partial charge is 0.480 e. The molecule has 31 nitrogen and oxygen atoms in total. The molecule has 8 rings (SSSR count). The standard InChI is InChI=1S/C13H10N2O4.C10H18N2O5.C10H16N2O4.C8H4O3.C5H8N2O2.C4H8O.2C2HF3O2.CH3I/c16-10-6-5-9(11(17)14-10)15-12(18)7-3-1-2-4-8(7)13(15)19;1-10(2,3)17-9(16)12-6(8(14)15)4-5-7(11)13;1-10(2,3)16-9(15)11-6-4-5-7(13)12-8(6)14;9-7-5-3-1-2-4-6(5)8(10)11-7;6-3-1-2-4(8)7-5(3)9;1-2-4-5-3-1;2*3-2(4,5)1(6)7;1-2/h1-4,9H,5-6H2,(H,14,16,17);6H,4-5H2,1-3H3,(H2,11,13)(H,12,16)(H,14,15);6H,4-5H2,1-3H3,(H,11,15)(H,12,13,14);1-4H;3H,1-2,6H2,(H,7,8,9);1-4H2;2*(H,6,7);1H3/i;;;;;;;;1D. The van der Waals surface area contributed by atoms with E-state index in [2.05, 4.69) is 31.3 Å². The van der Waals surface area contributed by atoms with Crippen molar-refractivity contribution in [3.8, 4) is 0 Å². The van der Waals surface area contributed by atoms with Gasteiger partial charge in [-0.05, 0) is 109 Å². The average Bonchev–Trinajstić information content (AvgIpc) is 1.62. The molecule has 0 aliphatic carbocycles. The van der Waals surface area contributed by atoms with Crippen molar-refractivity contribution in [1.82, 2.24) is 31.5 Å². The topological polar surface area (TPSA) is 486 Å². The molecule has 6 aliphatic rings. The van der Waals surface area contributed by atoms with Gasteiger partial charge < -0.3 is 56.4 Å². The summed E-state index contributed by atoms with van der Waals surface area (Å²) < 4.78 is 88.9. The normalized spacial score (nSPS) is 18.2. The predicted octanol–water partition coefficient (Wildman–Crippen LogP) is 3.50. The highest BCUT2D eigenvalue weighted by molar-refractivity contribution is 14.1. The summed E-state index contributed by atoms with van der Waals surface area (Å²) in [6.45, 7) is 12.2. The van der Waals surface area contributed by atoms with Gasteiger partial charge in [-0.3, -0.25) is 64.0 Å². The number of halogens is 7. The summed E-state index contributed by atoms with van der Waals surface area (Å²) in [4.78, 5) is 175. The molecule has 12 N–H and O–H groups in total. The average molecular weight is 1450 g/mol. The number of cyclic esters (lactones) is 2. The molecule has 6 heterocycles. The van der Waals surface area contributed by atoms with E-state index in [-0.39, 0.29) is 55.7 Å². The number of alkyl carbamates (subject to hydrolysis) is 2. The minimum Gasteiger partial charge on any atom is -0.480 e. The Labute approximate surface area is 539 Å². The maximum atomic E-state index is 12.2. The Hall–Kier alpha value is -9.21. The van der Waals surface area contributed by atoms with Crippen LogP contribution in [-0.2, 0) is 66.9 Å². The summed E-state index contributed by atoms with van der Waals surface area (Å²) in [5.41, 5.74) is 10.2. The lowest BCUT2D eigenvalue weighted by atomic mass is 10.0. The van der Waals surface area contributed by atoms with Crippen LogP contribution in [0.15, 0.2) is 48.5 Å². The molecule has 516 valence electrons. The van der Waals surface area contributed by atoms with Gasteiger partial charge in [0.25, 0.3) is 11.8 Å². The third-order valence-electron chi connectivity index (χ3n) is 11.1. The minimum atomic E-state index is -5.08. The van der Waals surface area contributed by atoms with Crippen molar-refractivity contribution in [2.24, 2.45) is 11.5 Å². The number of esters is 2. The van der Waals surface area contributed by atoms with Gasteiger partial charge in [-0.25, -0.2) is 33.6 Å². The second-order valence-corrected chi connectivity index (χ2v) is 20.9. The molecule has 4 unspecified atom stereocenters. The number of imide groups is 4. The molecular weight excluding hydrogens is 1380 g/mol. The van der Waals surface area contributed by atoms with E-state index in [1.165, 1.54) is 12.8 Å². The number of nitrogens with zero attached hydrogens (tertiary/aromatic N) is 1. The van der Waals surface area contributed by atoms with Gasteiger partial charge in [0.15, 0.2) is 0 Å². The van der Waals surface area contributed by atoms with E-state index in [0.717, 1.165) is 18.1 Å². The third kappa shape index (κ3) is 33.1. The number of carboxylic acid groups (broad SMARTS) is 3. The molecule has 93 heavy (non-hydrogen) atoms. The first-order valence-electron chi connectivity index (χ1n) is 27.6. The first-order valence-corrected chi connectivity index (χ1v) is 28.4. The van der Waals surface area contributed by atoms with Gasteiger partial charge in [0.2, 0.25) is 41.4 Å².